The molecule has 0 aromatic carbocycles. The Morgan fingerprint density at radius 2 is 1.81 bits per heavy atom. The third-order valence-electron chi connectivity index (χ3n) is 5.35. The molecule has 0 aliphatic carbocycles. The summed E-state index contributed by atoms with van der Waals surface area (Å²) in [6.45, 7) is 11.9. The van der Waals surface area contributed by atoms with E-state index in [9.17, 15) is 4.79 Å². The fourth-order valence-electron chi connectivity index (χ4n) is 3.86. The Kier molecular flexibility index (Phi) is 4.22. The molecule has 138 valence electrons. The van der Waals surface area contributed by atoms with Crippen molar-refractivity contribution < 1.29 is 4.79 Å². The summed E-state index contributed by atoms with van der Waals surface area (Å²) in [5.74, 6) is 2.02. The van der Waals surface area contributed by atoms with Crippen LogP contribution in [0.3, 0.4) is 0 Å². The lowest BCUT2D eigenvalue weighted by molar-refractivity contribution is 0.0777. The normalized spacial score (nSPS) is 22.8. The van der Waals surface area contributed by atoms with Gasteiger partial charge >= 0.3 is 0 Å². The van der Waals surface area contributed by atoms with Gasteiger partial charge in [-0.25, -0.2) is 4.98 Å². The third kappa shape index (κ3) is 3.20. The highest BCUT2D eigenvalue weighted by molar-refractivity contribution is 7.09. The maximum atomic E-state index is 12.6. The van der Waals surface area contributed by atoms with Gasteiger partial charge in [-0.1, -0.05) is 20.8 Å². The van der Waals surface area contributed by atoms with Crippen molar-refractivity contribution in [2.24, 2.45) is 11.8 Å². The van der Waals surface area contributed by atoms with Gasteiger partial charge in [0.1, 0.15) is 5.69 Å². The van der Waals surface area contributed by atoms with Crippen molar-refractivity contribution in [3.05, 3.63) is 33.9 Å². The Balaban J connectivity index is 1.40. The van der Waals surface area contributed by atoms with Crippen LogP contribution in [0.25, 0.3) is 0 Å². The van der Waals surface area contributed by atoms with Crippen molar-refractivity contribution in [1.82, 2.24) is 20.1 Å². The highest BCUT2D eigenvalue weighted by Crippen LogP contribution is 2.34. The van der Waals surface area contributed by atoms with E-state index >= 15 is 0 Å². The van der Waals surface area contributed by atoms with Crippen molar-refractivity contribution in [2.75, 3.05) is 31.1 Å². The van der Waals surface area contributed by atoms with Gasteiger partial charge in [0, 0.05) is 48.8 Å². The predicted molar refractivity (Wildman–Crippen MR) is 103 cm³/mol. The predicted octanol–water partition coefficient (Wildman–Crippen LogP) is 2.75. The van der Waals surface area contributed by atoms with Gasteiger partial charge in [0.25, 0.3) is 5.91 Å². The Morgan fingerprint density at radius 3 is 2.31 bits per heavy atom. The van der Waals surface area contributed by atoms with Crippen molar-refractivity contribution in [1.29, 1.82) is 0 Å². The van der Waals surface area contributed by atoms with Crippen LogP contribution >= 0.6 is 11.3 Å². The van der Waals surface area contributed by atoms with Crippen molar-refractivity contribution in [2.45, 2.75) is 33.1 Å². The lowest BCUT2D eigenvalue weighted by Gasteiger charge is -2.23. The number of carbonyl (C=O) groups is 1. The number of hydrogen-bond donors (Lipinski definition) is 0. The topological polar surface area (TPSA) is 62.2 Å². The van der Waals surface area contributed by atoms with E-state index in [2.05, 4.69) is 53.0 Å². The van der Waals surface area contributed by atoms with Crippen LogP contribution in [-0.2, 0) is 5.41 Å². The first-order valence-electron chi connectivity index (χ1n) is 9.12. The maximum absolute atomic E-state index is 12.6. The molecule has 2 aliphatic heterocycles. The molecule has 0 spiro atoms. The molecule has 2 saturated heterocycles. The molecule has 2 unspecified atom stereocenters. The third-order valence-corrected chi connectivity index (χ3v) is 6.13. The molecule has 7 heteroatoms. The van der Waals surface area contributed by atoms with Gasteiger partial charge in [-0.05, 0) is 19.1 Å². The molecule has 2 fully saturated rings. The second-order valence-corrected chi connectivity index (χ2v) is 9.48. The van der Waals surface area contributed by atoms with Crippen LogP contribution in [0.15, 0.2) is 17.5 Å². The molecule has 4 heterocycles. The number of hydrogen-bond acceptors (Lipinski definition) is 6. The monoisotopic (exact) mass is 371 g/mol. The van der Waals surface area contributed by atoms with Crippen LogP contribution in [0.1, 0.15) is 42.0 Å². The van der Waals surface area contributed by atoms with Crippen LogP contribution in [0.2, 0.25) is 0 Å². The SMILES string of the molecule is Cc1nc(C(=O)N2CC3CN(c4ccc(C(C)(C)C)nn4)CC3C2)cs1. The van der Waals surface area contributed by atoms with Crippen LogP contribution in [0.5, 0.6) is 0 Å². The number of fused-ring (bicyclic) bond motifs is 1. The first-order chi connectivity index (χ1) is 12.3. The molecule has 26 heavy (non-hydrogen) atoms. The fourth-order valence-corrected chi connectivity index (χ4v) is 4.45. The van der Waals surface area contributed by atoms with Crippen molar-refractivity contribution in [3.8, 4) is 0 Å². The van der Waals surface area contributed by atoms with E-state index in [1.165, 1.54) is 11.3 Å². The summed E-state index contributed by atoms with van der Waals surface area (Å²) >= 11 is 1.53. The maximum Gasteiger partial charge on any atom is 0.273 e. The Bertz CT molecular complexity index is 796. The Hall–Kier alpha value is -2.02. The van der Waals surface area contributed by atoms with Crippen LogP contribution in [-0.4, -0.2) is 52.2 Å². The summed E-state index contributed by atoms with van der Waals surface area (Å²) in [4.78, 5) is 21.2. The van der Waals surface area contributed by atoms with Gasteiger partial charge < -0.3 is 9.80 Å². The van der Waals surface area contributed by atoms with Gasteiger partial charge in [0.2, 0.25) is 0 Å². The van der Waals surface area contributed by atoms with E-state index in [4.69, 9.17) is 0 Å². The van der Waals surface area contributed by atoms with Crippen LogP contribution in [0, 0.1) is 18.8 Å². The minimum atomic E-state index is 0.0158. The van der Waals surface area contributed by atoms with Gasteiger partial charge in [-0.3, -0.25) is 4.79 Å². The molecule has 0 saturated carbocycles. The Labute approximate surface area is 158 Å². The summed E-state index contributed by atoms with van der Waals surface area (Å²) in [6, 6.07) is 4.16. The van der Waals surface area contributed by atoms with Crippen molar-refractivity contribution in [3.63, 3.8) is 0 Å². The lowest BCUT2D eigenvalue weighted by Crippen LogP contribution is -2.33. The summed E-state index contributed by atoms with van der Waals surface area (Å²) in [5, 5.41) is 11.7. The fraction of sp³-hybridized carbons (Fsp3) is 0.579. The molecule has 0 radical (unpaired) electrons. The summed E-state index contributed by atoms with van der Waals surface area (Å²) in [5.41, 5.74) is 1.62. The number of thiazole rings is 1. The average Bonchev–Trinajstić information content (AvgIpc) is 3.27. The van der Waals surface area contributed by atoms with E-state index in [1.54, 1.807) is 0 Å². The standard InChI is InChI=1S/C19H25N5OS/c1-12-20-15(11-26-12)18(25)24-9-13-7-23(8-14(13)10-24)17-6-5-16(21-22-17)19(2,3)4/h5-6,11,13-14H,7-10H2,1-4H3. The lowest BCUT2D eigenvalue weighted by atomic mass is 9.92. The molecular formula is C19H25N5OS. The largest absolute Gasteiger partial charge is 0.354 e. The van der Waals surface area contributed by atoms with Crippen LogP contribution < -0.4 is 4.90 Å². The number of anilines is 1. The number of amides is 1. The van der Waals surface area contributed by atoms with E-state index in [0.717, 1.165) is 42.7 Å². The van der Waals surface area contributed by atoms with E-state index in [0.29, 0.717) is 17.5 Å². The van der Waals surface area contributed by atoms with E-state index in [-0.39, 0.29) is 11.3 Å². The zero-order chi connectivity index (χ0) is 18.5. The number of carbonyl (C=O) groups excluding carboxylic acids is 1. The molecule has 0 N–H and O–H groups in total. The molecule has 2 aromatic heterocycles. The van der Waals surface area contributed by atoms with Gasteiger partial charge in [-0.15, -0.1) is 16.4 Å². The second kappa shape index (κ2) is 6.30. The second-order valence-electron chi connectivity index (χ2n) is 8.41. The molecule has 2 aliphatic rings. The van der Waals surface area contributed by atoms with Crippen LogP contribution in [0.4, 0.5) is 5.82 Å². The van der Waals surface area contributed by atoms with Crippen molar-refractivity contribution >= 4 is 23.1 Å². The number of aromatic nitrogens is 3. The number of aryl methyl sites for hydroxylation is 1. The quantitative estimate of drug-likeness (QED) is 0.812. The number of rotatable bonds is 2. The van der Waals surface area contributed by atoms with Gasteiger partial charge in [-0.2, -0.15) is 5.10 Å². The average molecular weight is 372 g/mol. The van der Waals surface area contributed by atoms with E-state index in [1.807, 2.05) is 17.2 Å². The molecular weight excluding hydrogens is 346 g/mol. The first-order valence-corrected chi connectivity index (χ1v) is 10.00. The summed E-state index contributed by atoms with van der Waals surface area (Å²) in [6.07, 6.45) is 0. The molecule has 2 aromatic rings. The minimum Gasteiger partial charge on any atom is -0.354 e. The van der Waals surface area contributed by atoms with Gasteiger partial charge in [0.05, 0.1) is 10.7 Å². The zero-order valence-corrected chi connectivity index (χ0v) is 16.6. The highest BCUT2D eigenvalue weighted by atomic mass is 32.1. The molecule has 2 atom stereocenters. The van der Waals surface area contributed by atoms with E-state index < -0.39 is 0 Å². The first kappa shape index (κ1) is 17.4. The Morgan fingerprint density at radius 1 is 1.12 bits per heavy atom. The summed E-state index contributed by atoms with van der Waals surface area (Å²) < 4.78 is 0. The molecule has 4 rings (SSSR count). The zero-order valence-electron chi connectivity index (χ0n) is 15.8. The highest BCUT2D eigenvalue weighted by Gasteiger charge is 2.42. The smallest absolute Gasteiger partial charge is 0.273 e. The number of nitrogens with zero attached hydrogens (tertiary/aromatic N) is 5. The van der Waals surface area contributed by atoms with Gasteiger partial charge in [0.15, 0.2) is 5.82 Å². The summed E-state index contributed by atoms with van der Waals surface area (Å²) in [7, 11) is 0. The molecule has 0 bridgehead atoms. The minimum absolute atomic E-state index is 0.0158. The number of likely N-dealkylation sites (tertiary alicyclic amines) is 1. The molecule has 1 amide bonds. The molecule has 6 nitrogen and oxygen atoms in total.